The van der Waals surface area contributed by atoms with Gasteiger partial charge in [0.05, 0.1) is 16.6 Å². The number of carbonyl (C=O) groups is 1. The quantitative estimate of drug-likeness (QED) is 0.861. The molecular weight excluding hydrogens is 248 g/mol. The van der Waals surface area contributed by atoms with Crippen LogP contribution in [0.1, 0.15) is 43.3 Å². The smallest absolute Gasteiger partial charge is 0.306 e. The SMILES string of the molecule is CCc1nc(CNC2CCC(C(=O)O)CC2)cs1. The van der Waals surface area contributed by atoms with E-state index in [-0.39, 0.29) is 5.92 Å². The molecule has 0 radical (unpaired) electrons. The Balaban J connectivity index is 1.73. The van der Waals surface area contributed by atoms with Gasteiger partial charge in [0, 0.05) is 18.0 Å². The van der Waals surface area contributed by atoms with Gasteiger partial charge < -0.3 is 10.4 Å². The maximum Gasteiger partial charge on any atom is 0.306 e. The van der Waals surface area contributed by atoms with Gasteiger partial charge in [0.15, 0.2) is 0 Å². The van der Waals surface area contributed by atoms with E-state index in [0.29, 0.717) is 6.04 Å². The summed E-state index contributed by atoms with van der Waals surface area (Å²) in [4.78, 5) is 15.4. The van der Waals surface area contributed by atoms with Crippen molar-refractivity contribution in [3.63, 3.8) is 0 Å². The minimum atomic E-state index is -0.638. The van der Waals surface area contributed by atoms with Crippen LogP contribution in [0.25, 0.3) is 0 Å². The molecule has 1 heterocycles. The van der Waals surface area contributed by atoms with Crippen LogP contribution in [0.15, 0.2) is 5.38 Å². The van der Waals surface area contributed by atoms with Crippen LogP contribution in [-0.4, -0.2) is 22.1 Å². The standard InChI is InChI=1S/C13H20N2O2S/c1-2-12-15-11(8-18-12)7-14-10-5-3-9(4-6-10)13(16)17/h8-10,14H,2-7H2,1H3,(H,16,17). The molecule has 1 aromatic rings. The van der Waals surface area contributed by atoms with E-state index < -0.39 is 5.97 Å². The predicted octanol–water partition coefficient (Wildman–Crippen LogP) is 2.44. The van der Waals surface area contributed by atoms with Gasteiger partial charge in [0.25, 0.3) is 0 Å². The molecule has 0 spiro atoms. The van der Waals surface area contributed by atoms with Crippen molar-refractivity contribution < 1.29 is 9.90 Å². The molecule has 0 amide bonds. The van der Waals surface area contributed by atoms with Crippen molar-refractivity contribution in [2.45, 2.75) is 51.6 Å². The van der Waals surface area contributed by atoms with Crippen LogP contribution in [0.3, 0.4) is 0 Å². The third-order valence-electron chi connectivity index (χ3n) is 3.55. The van der Waals surface area contributed by atoms with Gasteiger partial charge in [0.2, 0.25) is 0 Å². The molecule has 18 heavy (non-hydrogen) atoms. The Morgan fingerprint density at radius 3 is 2.78 bits per heavy atom. The molecule has 1 aliphatic rings. The summed E-state index contributed by atoms with van der Waals surface area (Å²) in [5.74, 6) is -0.769. The Labute approximate surface area is 111 Å². The maximum absolute atomic E-state index is 10.8. The van der Waals surface area contributed by atoms with Gasteiger partial charge in [-0.2, -0.15) is 0 Å². The van der Waals surface area contributed by atoms with Crippen LogP contribution in [0.4, 0.5) is 0 Å². The molecule has 0 unspecified atom stereocenters. The number of aliphatic carboxylic acids is 1. The Morgan fingerprint density at radius 2 is 2.22 bits per heavy atom. The zero-order chi connectivity index (χ0) is 13.0. The van der Waals surface area contributed by atoms with Crippen molar-refractivity contribution in [3.05, 3.63) is 16.1 Å². The van der Waals surface area contributed by atoms with Crippen LogP contribution < -0.4 is 5.32 Å². The first-order chi connectivity index (χ1) is 8.69. The second-order valence-corrected chi connectivity index (χ2v) is 5.80. The van der Waals surface area contributed by atoms with E-state index in [2.05, 4.69) is 22.6 Å². The number of carboxylic acid groups (broad SMARTS) is 1. The summed E-state index contributed by atoms with van der Waals surface area (Å²) in [5, 5.41) is 15.7. The first-order valence-corrected chi connectivity index (χ1v) is 7.46. The molecule has 1 aliphatic carbocycles. The van der Waals surface area contributed by atoms with Crippen molar-refractivity contribution in [1.29, 1.82) is 0 Å². The van der Waals surface area contributed by atoms with Crippen molar-refractivity contribution in [1.82, 2.24) is 10.3 Å². The summed E-state index contributed by atoms with van der Waals surface area (Å²) >= 11 is 1.71. The lowest BCUT2D eigenvalue weighted by Crippen LogP contribution is -2.34. The summed E-state index contributed by atoms with van der Waals surface area (Å²) < 4.78 is 0. The topological polar surface area (TPSA) is 62.2 Å². The first-order valence-electron chi connectivity index (χ1n) is 6.58. The highest BCUT2D eigenvalue weighted by Crippen LogP contribution is 2.24. The molecule has 1 saturated carbocycles. The number of carboxylic acids is 1. The number of hydrogen-bond donors (Lipinski definition) is 2. The van der Waals surface area contributed by atoms with Gasteiger partial charge in [0.1, 0.15) is 0 Å². The molecule has 0 bridgehead atoms. The molecule has 1 aromatic heterocycles. The van der Waals surface area contributed by atoms with Crippen LogP contribution in [0.2, 0.25) is 0 Å². The zero-order valence-corrected chi connectivity index (χ0v) is 11.5. The van der Waals surface area contributed by atoms with Crippen LogP contribution in [0, 0.1) is 5.92 Å². The fraction of sp³-hybridized carbons (Fsp3) is 0.692. The molecule has 2 rings (SSSR count). The molecular formula is C13H20N2O2S. The number of nitrogens with one attached hydrogen (secondary N) is 1. The monoisotopic (exact) mass is 268 g/mol. The highest BCUT2D eigenvalue weighted by molar-refractivity contribution is 7.09. The molecule has 0 aliphatic heterocycles. The van der Waals surface area contributed by atoms with E-state index in [0.717, 1.165) is 44.3 Å². The normalized spacial score (nSPS) is 24.1. The van der Waals surface area contributed by atoms with Gasteiger partial charge in [-0.05, 0) is 32.1 Å². The van der Waals surface area contributed by atoms with Crippen LogP contribution in [0.5, 0.6) is 0 Å². The Morgan fingerprint density at radius 1 is 1.50 bits per heavy atom. The highest BCUT2D eigenvalue weighted by atomic mass is 32.1. The third kappa shape index (κ3) is 3.53. The van der Waals surface area contributed by atoms with Gasteiger partial charge in [-0.25, -0.2) is 4.98 Å². The van der Waals surface area contributed by atoms with Crippen molar-refractivity contribution in [2.75, 3.05) is 0 Å². The van der Waals surface area contributed by atoms with E-state index >= 15 is 0 Å². The van der Waals surface area contributed by atoms with Gasteiger partial charge >= 0.3 is 5.97 Å². The largest absolute Gasteiger partial charge is 0.481 e. The van der Waals surface area contributed by atoms with E-state index in [1.54, 1.807) is 11.3 Å². The summed E-state index contributed by atoms with van der Waals surface area (Å²) in [6.07, 6.45) is 4.51. The van der Waals surface area contributed by atoms with E-state index in [1.807, 2.05) is 0 Å². The maximum atomic E-state index is 10.8. The predicted molar refractivity (Wildman–Crippen MR) is 71.7 cm³/mol. The lowest BCUT2D eigenvalue weighted by Gasteiger charge is -2.26. The summed E-state index contributed by atoms with van der Waals surface area (Å²) in [6.45, 7) is 2.92. The lowest BCUT2D eigenvalue weighted by molar-refractivity contribution is -0.142. The molecule has 4 nitrogen and oxygen atoms in total. The summed E-state index contributed by atoms with van der Waals surface area (Å²) in [7, 11) is 0. The van der Waals surface area contributed by atoms with Crippen LogP contribution >= 0.6 is 11.3 Å². The van der Waals surface area contributed by atoms with Crippen molar-refractivity contribution >= 4 is 17.3 Å². The molecule has 2 N–H and O–H groups in total. The number of aromatic nitrogens is 1. The minimum Gasteiger partial charge on any atom is -0.481 e. The van der Waals surface area contributed by atoms with E-state index in [1.165, 1.54) is 5.01 Å². The number of aryl methyl sites for hydroxylation is 1. The Bertz CT molecular complexity index is 397. The minimum absolute atomic E-state index is 0.131. The first kappa shape index (κ1) is 13.5. The van der Waals surface area contributed by atoms with Gasteiger partial charge in [-0.3, -0.25) is 4.79 Å². The van der Waals surface area contributed by atoms with Crippen LogP contribution in [-0.2, 0) is 17.8 Å². The van der Waals surface area contributed by atoms with E-state index in [9.17, 15) is 4.79 Å². The summed E-state index contributed by atoms with van der Waals surface area (Å²) in [6, 6.07) is 0.451. The Kier molecular flexibility index (Phi) is 4.72. The molecule has 0 atom stereocenters. The third-order valence-corrected chi connectivity index (χ3v) is 4.59. The molecule has 5 heteroatoms. The molecule has 1 fully saturated rings. The number of thiazole rings is 1. The number of rotatable bonds is 5. The van der Waals surface area contributed by atoms with Crippen molar-refractivity contribution in [2.24, 2.45) is 5.92 Å². The lowest BCUT2D eigenvalue weighted by atomic mass is 9.86. The van der Waals surface area contributed by atoms with E-state index in [4.69, 9.17) is 5.11 Å². The van der Waals surface area contributed by atoms with Gasteiger partial charge in [-0.15, -0.1) is 11.3 Å². The fourth-order valence-electron chi connectivity index (χ4n) is 2.39. The average Bonchev–Trinajstić information content (AvgIpc) is 2.85. The molecule has 0 saturated heterocycles. The zero-order valence-electron chi connectivity index (χ0n) is 10.7. The van der Waals surface area contributed by atoms with Crippen molar-refractivity contribution in [3.8, 4) is 0 Å². The number of hydrogen-bond acceptors (Lipinski definition) is 4. The highest BCUT2D eigenvalue weighted by Gasteiger charge is 2.25. The summed E-state index contributed by atoms with van der Waals surface area (Å²) in [5.41, 5.74) is 1.11. The second-order valence-electron chi connectivity index (χ2n) is 4.85. The average molecular weight is 268 g/mol. The Hall–Kier alpha value is -0.940. The second kappa shape index (κ2) is 6.29. The fourth-order valence-corrected chi connectivity index (χ4v) is 3.13. The molecule has 0 aromatic carbocycles. The van der Waals surface area contributed by atoms with Gasteiger partial charge in [-0.1, -0.05) is 6.92 Å². The molecule has 100 valence electrons. The number of nitrogens with zero attached hydrogens (tertiary/aromatic N) is 1.